The summed E-state index contributed by atoms with van der Waals surface area (Å²) in [4.78, 5) is 17.4. The number of nitrogens with one attached hydrogen (secondary N) is 1. The van der Waals surface area contributed by atoms with Crippen LogP contribution in [0.25, 0.3) is 0 Å². The van der Waals surface area contributed by atoms with E-state index in [-0.39, 0.29) is 23.7 Å². The Morgan fingerprint density at radius 1 is 1.23 bits per heavy atom. The zero-order chi connectivity index (χ0) is 17.7. The number of rotatable bonds is 2. The summed E-state index contributed by atoms with van der Waals surface area (Å²) >= 11 is 0. The summed E-state index contributed by atoms with van der Waals surface area (Å²) in [5, 5.41) is 7.61. The van der Waals surface area contributed by atoms with Crippen LogP contribution in [0.15, 0.2) is 65.2 Å². The summed E-state index contributed by atoms with van der Waals surface area (Å²) < 4.78 is 7.37. The molecule has 6 nitrogen and oxygen atoms in total. The molecule has 0 radical (unpaired) electrons. The van der Waals surface area contributed by atoms with Crippen molar-refractivity contribution in [2.75, 3.05) is 5.32 Å². The lowest BCUT2D eigenvalue weighted by Gasteiger charge is -2.36. The Morgan fingerprint density at radius 2 is 2.08 bits per heavy atom. The van der Waals surface area contributed by atoms with E-state index < -0.39 is 0 Å². The highest BCUT2D eigenvalue weighted by Gasteiger charge is 2.44. The van der Waals surface area contributed by atoms with Crippen molar-refractivity contribution in [1.29, 1.82) is 0 Å². The fourth-order valence-electron chi connectivity index (χ4n) is 3.95. The van der Waals surface area contributed by atoms with Gasteiger partial charge in [0, 0.05) is 18.0 Å². The molecule has 1 aliphatic carbocycles. The van der Waals surface area contributed by atoms with Gasteiger partial charge in [-0.15, -0.1) is 0 Å². The quantitative estimate of drug-likeness (QED) is 0.769. The number of furan rings is 1. The molecule has 130 valence electrons. The van der Waals surface area contributed by atoms with E-state index in [0.717, 1.165) is 17.0 Å². The molecule has 3 heterocycles. The largest absolute Gasteiger partial charge is 0.467 e. The van der Waals surface area contributed by atoms with Crippen molar-refractivity contribution in [3.8, 4) is 0 Å². The minimum absolute atomic E-state index is 0.0635. The van der Waals surface area contributed by atoms with Gasteiger partial charge >= 0.3 is 0 Å². The molecule has 0 amide bonds. The minimum Gasteiger partial charge on any atom is -0.467 e. The Hall–Kier alpha value is -3.15. The Kier molecular flexibility index (Phi) is 3.31. The molecule has 0 saturated heterocycles. The lowest BCUT2D eigenvalue weighted by Crippen LogP contribution is -2.39. The number of aromatic nitrogens is 3. The summed E-state index contributed by atoms with van der Waals surface area (Å²) in [5.41, 5.74) is 3.25. The van der Waals surface area contributed by atoms with Gasteiger partial charge in [0.1, 0.15) is 23.9 Å². The fraction of sp³-hybridized carbons (Fsp3) is 0.250. The zero-order valence-electron chi connectivity index (χ0n) is 14.3. The van der Waals surface area contributed by atoms with Crippen molar-refractivity contribution in [1.82, 2.24) is 14.8 Å². The molecule has 2 aromatic heterocycles. The molecule has 3 atom stereocenters. The number of ketones is 1. The number of nitrogens with zero attached hydrogens (tertiary/aromatic N) is 3. The molecule has 1 aromatic carbocycles. The summed E-state index contributed by atoms with van der Waals surface area (Å²) in [6, 6.07) is 11.8. The molecule has 5 rings (SSSR count). The molecular weight excluding hydrogens is 328 g/mol. The van der Waals surface area contributed by atoms with Gasteiger partial charge in [-0.1, -0.05) is 35.9 Å². The van der Waals surface area contributed by atoms with E-state index in [2.05, 4.69) is 52.7 Å². The van der Waals surface area contributed by atoms with E-state index in [0.29, 0.717) is 12.4 Å². The van der Waals surface area contributed by atoms with Gasteiger partial charge in [-0.25, -0.2) is 4.68 Å². The number of benzene rings is 1. The monoisotopic (exact) mass is 346 g/mol. The van der Waals surface area contributed by atoms with E-state index in [9.17, 15) is 4.79 Å². The minimum atomic E-state index is -0.336. The maximum atomic E-state index is 13.1. The number of carbonyl (C=O) groups is 1. The van der Waals surface area contributed by atoms with Crippen LogP contribution in [0.3, 0.4) is 0 Å². The molecule has 2 aliphatic rings. The van der Waals surface area contributed by atoms with Crippen molar-refractivity contribution in [3.05, 3.63) is 77.6 Å². The first-order chi connectivity index (χ1) is 12.7. The van der Waals surface area contributed by atoms with E-state index in [1.165, 1.54) is 11.9 Å². The van der Waals surface area contributed by atoms with E-state index >= 15 is 0 Å². The van der Waals surface area contributed by atoms with Gasteiger partial charge in [0.2, 0.25) is 5.95 Å². The van der Waals surface area contributed by atoms with Crippen LogP contribution in [0.2, 0.25) is 0 Å². The highest BCUT2D eigenvalue weighted by molar-refractivity contribution is 5.88. The standard InChI is InChI=1S/C20H18N4O2/c1-12-4-6-13(7-5-12)14-9-15-18(16(25)10-14)19(17-3-2-8-26-17)24-20(23-15)21-11-22-24/h2-9,11,14,18-19H,10H2,1H3,(H,21,22,23)/t14-,18-,19-/m1/s1. The molecule has 0 bridgehead atoms. The molecule has 26 heavy (non-hydrogen) atoms. The molecule has 1 N–H and O–H groups in total. The van der Waals surface area contributed by atoms with Gasteiger partial charge in [0.05, 0.1) is 12.2 Å². The molecule has 0 saturated carbocycles. The number of hydrogen-bond donors (Lipinski definition) is 1. The van der Waals surface area contributed by atoms with Crippen LogP contribution in [0, 0.1) is 12.8 Å². The van der Waals surface area contributed by atoms with Gasteiger partial charge in [-0.05, 0) is 24.6 Å². The predicted molar refractivity (Wildman–Crippen MR) is 95.6 cm³/mol. The van der Waals surface area contributed by atoms with Crippen LogP contribution in [0.5, 0.6) is 0 Å². The van der Waals surface area contributed by atoms with E-state index in [1.54, 1.807) is 10.9 Å². The average molecular weight is 346 g/mol. The lowest BCUT2D eigenvalue weighted by molar-refractivity contribution is -0.123. The van der Waals surface area contributed by atoms with Crippen molar-refractivity contribution in [2.24, 2.45) is 5.92 Å². The van der Waals surface area contributed by atoms with Crippen LogP contribution in [0.4, 0.5) is 5.95 Å². The maximum Gasteiger partial charge on any atom is 0.226 e. The number of Topliss-reactive ketones (excluding diaryl/α,β-unsaturated/α-hetero) is 1. The Balaban J connectivity index is 1.60. The van der Waals surface area contributed by atoms with Crippen LogP contribution in [-0.4, -0.2) is 20.5 Å². The highest BCUT2D eigenvalue weighted by atomic mass is 16.3. The van der Waals surface area contributed by atoms with E-state index in [1.807, 2.05) is 12.1 Å². The molecule has 6 heteroatoms. The number of anilines is 1. The number of aryl methyl sites for hydroxylation is 1. The molecule has 1 aliphatic heterocycles. The summed E-state index contributed by atoms with van der Waals surface area (Å²) in [7, 11) is 0. The Morgan fingerprint density at radius 3 is 2.85 bits per heavy atom. The van der Waals surface area contributed by atoms with Crippen molar-refractivity contribution in [2.45, 2.75) is 25.3 Å². The maximum absolute atomic E-state index is 13.1. The topological polar surface area (TPSA) is 73.0 Å². The van der Waals surface area contributed by atoms with Gasteiger partial charge in [0.25, 0.3) is 0 Å². The second-order valence-corrected chi connectivity index (χ2v) is 6.90. The Bertz CT molecular complexity index is 985. The molecule has 0 fully saturated rings. The first-order valence-electron chi connectivity index (χ1n) is 8.71. The van der Waals surface area contributed by atoms with Gasteiger partial charge < -0.3 is 9.73 Å². The second kappa shape index (κ2) is 5.69. The summed E-state index contributed by atoms with van der Waals surface area (Å²) in [6.07, 6.45) is 5.75. The lowest BCUT2D eigenvalue weighted by atomic mass is 9.77. The van der Waals surface area contributed by atoms with Crippen LogP contribution in [0.1, 0.15) is 35.3 Å². The third-order valence-corrected chi connectivity index (χ3v) is 5.23. The van der Waals surface area contributed by atoms with Crippen LogP contribution >= 0.6 is 0 Å². The van der Waals surface area contributed by atoms with Crippen molar-refractivity contribution in [3.63, 3.8) is 0 Å². The van der Waals surface area contributed by atoms with Gasteiger partial charge in [0.15, 0.2) is 0 Å². The van der Waals surface area contributed by atoms with Gasteiger partial charge in [-0.3, -0.25) is 4.79 Å². The molecule has 0 spiro atoms. The zero-order valence-corrected chi connectivity index (χ0v) is 14.3. The number of carbonyl (C=O) groups excluding carboxylic acids is 1. The fourth-order valence-corrected chi connectivity index (χ4v) is 3.95. The van der Waals surface area contributed by atoms with Crippen LogP contribution in [-0.2, 0) is 4.79 Å². The summed E-state index contributed by atoms with van der Waals surface area (Å²) in [6.45, 7) is 2.06. The van der Waals surface area contributed by atoms with Crippen molar-refractivity contribution >= 4 is 11.7 Å². The SMILES string of the molecule is Cc1ccc([C@@H]2C=C3Nc4ncnn4[C@H](c4ccco4)[C@H]3C(=O)C2)cc1. The normalized spacial score (nSPS) is 24.4. The third kappa shape index (κ3) is 2.29. The molecule has 3 aromatic rings. The van der Waals surface area contributed by atoms with Crippen LogP contribution < -0.4 is 5.32 Å². The number of fused-ring (bicyclic) bond motifs is 2. The first-order valence-corrected chi connectivity index (χ1v) is 8.71. The summed E-state index contributed by atoms with van der Waals surface area (Å²) in [5.74, 6) is 1.26. The highest BCUT2D eigenvalue weighted by Crippen LogP contribution is 2.44. The first kappa shape index (κ1) is 15.1. The molecule has 0 unspecified atom stereocenters. The number of allylic oxidation sites excluding steroid dienone is 2. The second-order valence-electron chi connectivity index (χ2n) is 6.90. The average Bonchev–Trinajstić information content (AvgIpc) is 3.32. The van der Waals surface area contributed by atoms with Crippen molar-refractivity contribution < 1.29 is 9.21 Å². The van der Waals surface area contributed by atoms with Gasteiger partial charge in [-0.2, -0.15) is 10.1 Å². The van der Waals surface area contributed by atoms with E-state index in [4.69, 9.17) is 4.42 Å². The predicted octanol–water partition coefficient (Wildman–Crippen LogP) is 3.45. The Labute approximate surface area is 150 Å². The molecular formula is C20H18N4O2. The smallest absolute Gasteiger partial charge is 0.226 e. The number of hydrogen-bond acceptors (Lipinski definition) is 5. The third-order valence-electron chi connectivity index (χ3n) is 5.23.